The molecule has 0 amide bonds. The predicted molar refractivity (Wildman–Crippen MR) is 63.7 cm³/mol. The van der Waals surface area contributed by atoms with Gasteiger partial charge in [-0.1, -0.05) is 30.3 Å². The Bertz CT molecular complexity index is 369. The second kappa shape index (κ2) is 7.65. The highest BCUT2D eigenvalue weighted by atomic mass is 35.5. The van der Waals surface area contributed by atoms with E-state index in [1.807, 2.05) is 18.2 Å². The number of benzene rings is 1. The number of hydrogen-bond acceptors (Lipinski definition) is 4. The fraction of sp³-hybridized carbons (Fsp3) is 0.273. The van der Waals surface area contributed by atoms with Crippen LogP contribution in [0.25, 0.3) is 0 Å². The van der Waals surface area contributed by atoms with Crippen LogP contribution in [-0.2, 0) is 20.9 Å². The second-order valence-corrected chi connectivity index (χ2v) is 3.30. The van der Waals surface area contributed by atoms with E-state index in [1.165, 1.54) is 0 Å². The van der Waals surface area contributed by atoms with Crippen LogP contribution >= 0.6 is 12.4 Å². The molecule has 0 saturated heterocycles. The number of ether oxygens (including phenoxy) is 1. The fourth-order valence-electron chi connectivity index (χ4n) is 1.11. The molecule has 0 bridgehead atoms. The number of carboxylic acid groups (broad SMARTS) is 1. The van der Waals surface area contributed by atoms with Gasteiger partial charge in [0.1, 0.15) is 12.6 Å². The maximum Gasteiger partial charge on any atom is 0.323 e. The van der Waals surface area contributed by atoms with Crippen molar-refractivity contribution in [1.82, 2.24) is 0 Å². The summed E-state index contributed by atoms with van der Waals surface area (Å²) in [7, 11) is 0. The third-order valence-corrected chi connectivity index (χ3v) is 1.92. The van der Waals surface area contributed by atoms with Gasteiger partial charge >= 0.3 is 11.9 Å². The maximum atomic E-state index is 11.2. The first-order valence-corrected chi connectivity index (χ1v) is 4.77. The van der Waals surface area contributed by atoms with Crippen molar-refractivity contribution in [3.63, 3.8) is 0 Å². The summed E-state index contributed by atoms with van der Waals surface area (Å²) in [5.41, 5.74) is 6.16. The summed E-state index contributed by atoms with van der Waals surface area (Å²) in [5.74, 6) is -1.82. The quantitative estimate of drug-likeness (QED) is 0.769. The van der Waals surface area contributed by atoms with E-state index in [0.717, 1.165) is 5.56 Å². The molecule has 1 atom stereocenters. The zero-order chi connectivity index (χ0) is 12.0. The zero-order valence-corrected chi connectivity index (χ0v) is 9.85. The van der Waals surface area contributed by atoms with Gasteiger partial charge in [0.25, 0.3) is 0 Å². The number of rotatable bonds is 5. The third kappa shape index (κ3) is 5.89. The number of hydrogen-bond donors (Lipinski definition) is 2. The van der Waals surface area contributed by atoms with E-state index in [-0.39, 0.29) is 19.0 Å². The molecule has 6 heteroatoms. The molecule has 0 aromatic heterocycles. The average molecular weight is 260 g/mol. The Balaban J connectivity index is 0.00000256. The van der Waals surface area contributed by atoms with Crippen LogP contribution in [-0.4, -0.2) is 23.1 Å². The first kappa shape index (κ1) is 15.4. The summed E-state index contributed by atoms with van der Waals surface area (Å²) in [6.07, 6.45) is -0.423. The number of carboxylic acids is 1. The van der Waals surface area contributed by atoms with Crippen LogP contribution in [0.2, 0.25) is 0 Å². The first-order chi connectivity index (χ1) is 7.59. The van der Waals surface area contributed by atoms with E-state index in [2.05, 4.69) is 0 Å². The van der Waals surface area contributed by atoms with Gasteiger partial charge in [-0.2, -0.15) is 0 Å². The molecule has 1 aromatic rings. The number of carbonyl (C=O) groups excluding carboxylic acids is 1. The van der Waals surface area contributed by atoms with Crippen molar-refractivity contribution in [3.05, 3.63) is 35.9 Å². The fourth-order valence-corrected chi connectivity index (χ4v) is 1.11. The molecule has 0 aliphatic carbocycles. The molecule has 0 unspecified atom stereocenters. The van der Waals surface area contributed by atoms with E-state index in [0.29, 0.717) is 0 Å². The van der Waals surface area contributed by atoms with Crippen LogP contribution in [0.3, 0.4) is 0 Å². The van der Waals surface area contributed by atoms with Crippen LogP contribution in [0.4, 0.5) is 0 Å². The van der Waals surface area contributed by atoms with E-state index >= 15 is 0 Å². The van der Waals surface area contributed by atoms with E-state index in [4.69, 9.17) is 15.6 Å². The number of nitrogens with two attached hydrogens (primary N) is 1. The first-order valence-electron chi connectivity index (χ1n) is 4.77. The molecule has 1 aromatic carbocycles. The molecular formula is C11H14ClNO4. The molecule has 0 heterocycles. The lowest BCUT2D eigenvalue weighted by Gasteiger charge is -2.09. The lowest BCUT2D eigenvalue weighted by atomic mass is 10.2. The lowest BCUT2D eigenvalue weighted by molar-refractivity contribution is -0.150. The van der Waals surface area contributed by atoms with Gasteiger partial charge < -0.3 is 15.6 Å². The van der Waals surface area contributed by atoms with Gasteiger partial charge in [0.15, 0.2) is 0 Å². The van der Waals surface area contributed by atoms with E-state index in [1.54, 1.807) is 12.1 Å². The normalized spacial score (nSPS) is 11.1. The number of carbonyl (C=O) groups is 2. The molecule has 3 N–H and O–H groups in total. The van der Waals surface area contributed by atoms with Crippen LogP contribution in [0.1, 0.15) is 12.0 Å². The Hall–Kier alpha value is -1.59. The van der Waals surface area contributed by atoms with Crippen molar-refractivity contribution in [2.75, 3.05) is 0 Å². The Morgan fingerprint density at radius 2 is 1.88 bits per heavy atom. The summed E-state index contributed by atoms with van der Waals surface area (Å²) >= 11 is 0. The molecule has 17 heavy (non-hydrogen) atoms. The SMILES string of the molecule is Cl.N[C@@H](CC(=O)O)C(=O)OCc1ccccc1. The van der Waals surface area contributed by atoms with Crippen molar-refractivity contribution in [1.29, 1.82) is 0 Å². The van der Waals surface area contributed by atoms with Crippen molar-refractivity contribution in [3.8, 4) is 0 Å². The Morgan fingerprint density at radius 1 is 1.29 bits per heavy atom. The Morgan fingerprint density at radius 3 is 2.41 bits per heavy atom. The molecule has 5 nitrogen and oxygen atoms in total. The topological polar surface area (TPSA) is 89.6 Å². The molecule has 1 rings (SSSR count). The molecule has 0 aliphatic rings. The lowest BCUT2D eigenvalue weighted by Crippen LogP contribution is -2.34. The summed E-state index contributed by atoms with van der Waals surface area (Å²) < 4.78 is 4.86. The molecule has 0 aliphatic heterocycles. The number of esters is 1. The van der Waals surface area contributed by atoms with Gasteiger partial charge in [-0.25, -0.2) is 0 Å². The van der Waals surface area contributed by atoms with Crippen LogP contribution in [0.5, 0.6) is 0 Å². The van der Waals surface area contributed by atoms with Crippen molar-refractivity contribution in [2.45, 2.75) is 19.1 Å². The van der Waals surface area contributed by atoms with Crippen LogP contribution in [0.15, 0.2) is 30.3 Å². The van der Waals surface area contributed by atoms with Gasteiger partial charge in [-0.15, -0.1) is 12.4 Å². The minimum atomic E-state index is -1.12. The Labute approximate surface area is 105 Å². The Kier molecular flexibility index (Phi) is 6.93. The van der Waals surface area contributed by atoms with Gasteiger partial charge in [-0.3, -0.25) is 9.59 Å². The molecule has 0 radical (unpaired) electrons. The molecular weight excluding hydrogens is 246 g/mol. The van der Waals surface area contributed by atoms with Gasteiger partial charge in [-0.05, 0) is 5.56 Å². The molecule has 0 saturated carbocycles. The van der Waals surface area contributed by atoms with E-state index in [9.17, 15) is 9.59 Å². The highest BCUT2D eigenvalue weighted by molar-refractivity contribution is 5.85. The zero-order valence-electron chi connectivity index (χ0n) is 9.04. The monoisotopic (exact) mass is 259 g/mol. The van der Waals surface area contributed by atoms with Crippen LogP contribution < -0.4 is 5.73 Å². The van der Waals surface area contributed by atoms with Gasteiger partial charge in [0, 0.05) is 0 Å². The molecule has 0 spiro atoms. The minimum Gasteiger partial charge on any atom is -0.481 e. The standard InChI is InChI=1S/C11H13NO4.ClH/c12-9(6-10(13)14)11(15)16-7-8-4-2-1-3-5-8;/h1-5,9H,6-7,12H2,(H,13,14);1H/t9-;/m0./s1. The number of halogens is 1. The second-order valence-electron chi connectivity index (χ2n) is 3.30. The average Bonchev–Trinajstić information content (AvgIpc) is 2.26. The number of aliphatic carboxylic acids is 1. The summed E-state index contributed by atoms with van der Waals surface area (Å²) in [4.78, 5) is 21.5. The summed E-state index contributed by atoms with van der Waals surface area (Å²) in [5, 5.41) is 8.43. The molecule has 94 valence electrons. The minimum absolute atomic E-state index is 0. The summed E-state index contributed by atoms with van der Waals surface area (Å²) in [6.45, 7) is 0.104. The van der Waals surface area contributed by atoms with Crippen LogP contribution in [0, 0.1) is 0 Å². The van der Waals surface area contributed by atoms with Gasteiger partial charge in [0.05, 0.1) is 6.42 Å². The largest absolute Gasteiger partial charge is 0.481 e. The predicted octanol–water partition coefficient (Wildman–Crippen LogP) is 0.954. The smallest absolute Gasteiger partial charge is 0.323 e. The maximum absolute atomic E-state index is 11.2. The van der Waals surface area contributed by atoms with Gasteiger partial charge in [0.2, 0.25) is 0 Å². The van der Waals surface area contributed by atoms with Crippen molar-refractivity contribution in [2.24, 2.45) is 5.73 Å². The van der Waals surface area contributed by atoms with Crippen molar-refractivity contribution >= 4 is 24.3 Å². The summed E-state index contributed by atoms with van der Waals surface area (Å²) in [6, 6.07) is 7.98. The molecule has 0 fully saturated rings. The highest BCUT2D eigenvalue weighted by Crippen LogP contribution is 2.02. The third-order valence-electron chi connectivity index (χ3n) is 1.92. The van der Waals surface area contributed by atoms with E-state index < -0.39 is 24.4 Å². The van der Waals surface area contributed by atoms with Crippen molar-refractivity contribution < 1.29 is 19.4 Å². The highest BCUT2D eigenvalue weighted by Gasteiger charge is 2.18.